The van der Waals surface area contributed by atoms with Crippen LogP contribution in [0.15, 0.2) is 9.95 Å². The van der Waals surface area contributed by atoms with Crippen LogP contribution in [-0.2, 0) is 26.1 Å². The molecule has 1 spiro atoms. The number of likely N-dealkylation sites (tertiary alicyclic amines) is 1. The van der Waals surface area contributed by atoms with E-state index in [-0.39, 0.29) is 47.1 Å². The highest BCUT2D eigenvalue weighted by molar-refractivity contribution is 6.13. The Morgan fingerprint density at radius 2 is 1.89 bits per heavy atom. The van der Waals surface area contributed by atoms with Crippen molar-refractivity contribution in [3.05, 3.63) is 16.3 Å². The topological polar surface area (TPSA) is 143 Å². The van der Waals surface area contributed by atoms with Crippen LogP contribution in [0.1, 0.15) is 90.4 Å². The third kappa shape index (κ3) is 5.39. The summed E-state index contributed by atoms with van der Waals surface area (Å²) in [4.78, 5) is 40.4. The van der Waals surface area contributed by atoms with Gasteiger partial charge in [0.1, 0.15) is 11.8 Å². The van der Waals surface area contributed by atoms with Crippen molar-refractivity contribution in [3.8, 4) is 5.88 Å². The normalized spacial score (nSPS) is 28.7. The molecule has 1 N–H and O–H groups in total. The molecule has 6 rings (SSSR count). The molecule has 0 amide bonds. The molecule has 3 aliphatic heterocycles. The SMILES string of the molecule is CCCC(C(=O)[C@@]1(C)CCCCC12OCCO2)/C(=N/O)c1nc(O[C@@H](C)[C@@H]2CCCN2C)c2c(n1)n([C@@H]1CCOC1)c(=O)n2C. The van der Waals surface area contributed by atoms with Gasteiger partial charge < -0.3 is 24.2 Å². The van der Waals surface area contributed by atoms with E-state index in [4.69, 9.17) is 28.9 Å². The molecule has 1 saturated carbocycles. The first-order valence-corrected chi connectivity index (χ1v) is 16.6. The van der Waals surface area contributed by atoms with Crippen molar-refractivity contribution in [1.29, 1.82) is 0 Å². The Bertz CT molecular complexity index is 1490. The number of hydrogen-bond donors (Lipinski definition) is 1. The molecule has 13 heteroatoms. The Morgan fingerprint density at radius 1 is 1.13 bits per heavy atom. The molecule has 5 atom stereocenters. The zero-order valence-corrected chi connectivity index (χ0v) is 27.3. The number of carbonyl (C=O) groups is 1. The zero-order chi connectivity index (χ0) is 31.9. The van der Waals surface area contributed by atoms with Crippen LogP contribution in [0.3, 0.4) is 0 Å². The van der Waals surface area contributed by atoms with E-state index in [1.807, 2.05) is 20.8 Å². The molecule has 13 nitrogen and oxygen atoms in total. The summed E-state index contributed by atoms with van der Waals surface area (Å²) in [5.41, 5.74) is -0.303. The molecule has 3 saturated heterocycles. The molecule has 4 aliphatic rings. The zero-order valence-electron chi connectivity index (χ0n) is 27.3. The van der Waals surface area contributed by atoms with Gasteiger partial charge in [-0.3, -0.25) is 18.8 Å². The number of fused-ring (bicyclic) bond motifs is 1. The van der Waals surface area contributed by atoms with Crippen LogP contribution < -0.4 is 10.4 Å². The molecular weight excluding hydrogens is 580 g/mol. The number of aromatic nitrogens is 4. The fourth-order valence-corrected chi connectivity index (χ4v) is 8.13. The van der Waals surface area contributed by atoms with Crippen molar-refractivity contribution < 1.29 is 28.9 Å². The van der Waals surface area contributed by atoms with Crippen LogP contribution in [0.4, 0.5) is 0 Å². The van der Waals surface area contributed by atoms with Gasteiger partial charge in [-0.1, -0.05) is 24.9 Å². The van der Waals surface area contributed by atoms with Gasteiger partial charge in [-0.05, 0) is 66.0 Å². The minimum atomic E-state index is -1.00. The summed E-state index contributed by atoms with van der Waals surface area (Å²) in [6, 6.07) is -0.0366. The van der Waals surface area contributed by atoms with Crippen molar-refractivity contribution in [1.82, 2.24) is 24.0 Å². The third-order valence-electron chi connectivity index (χ3n) is 10.7. The molecule has 0 aromatic carbocycles. The molecule has 4 fully saturated rings. The quantitative estimate of drug-likeness (QED) is 0.236. The highest BCUT2D eigenvalue weighted by Crippen LogP contribution is 2.51. The van der Waals surface area contributed by atoms with Gasteiger partial charge in [-0.2, -0.15) is 4.98 Å². The van der Waals surface area contributed by atoms with E-state index in [2.05, 4.69) is 17.1 Å². The average Bonchev–Trinajstić information content (AvgIpc) is 3.84. The van der Waals surface area contributed by atoms with E-state index in [1.165, 1.54) is 4.57 Å². The maximum atomic E-state index is 14.7. The van der Waals surface area contributed by atoms with Crippen molar-refractivity contribution in [3.63, 3.8) is 0 Å². The van der Waals surface area contributed by atoms with Crippen molar-refractivity contribution >= 4 is 22.7 Å². The maximum absolute atomic E-state index is 14.7. The number of ether oxygens (including phenoxy) is 4. The van der Waals surface area contributed by atoms with E-state index < -0.39 is 17.1 Å². The number of nitrogens with zero attached hydrogens (tertiary/aromatic N) is 6. The van der Waals surface area contributed by atoms with E-state index in [0.29, 0.717) is 69.7 Å². The lowest BCUT2D eigenvalue weighted by Crippen LogP contribution is -2.56. The molecule has 45 heavy (non-hydrogen) atoms. The average molecular weight is 629 g/mol. The minimum Gasteiger partial charge on any atom is -0.471 e. The predicted molar refractivity (Wildman–Crippen MR) is 166 cm³/mol. The van der Waals surface area contributed by atoms with Gasteiger partial charge in [-0.25, -0.2) is 9.78 Å². The van der Waals surface area contributed by atoms with Gasteiger partial charge in [0.2, 0.25) is 5.88 Å². The molecule has 248 valence electrons. The first kappa shape index (κ1) is 32.1. The van der Waals surface area contributed by atoms with Gasteiger partial charge in [-0.15, -0.1) is 0 Å². The van der Waals surface area contributed by atoms with Gasteiger partial charge in [0, 0.05) is 26.1 Å². The molecule has 1 aliphatic carbocycles. The Labute approximate surface area is 263 Å². The van der Waals surface area contributed by atoms with Crippen molar-refractivity contribution in [2.45, 2.75) is 103 Å². The summed E-state index contributed by atoms with van der Waals surface area (Å²) in [6.07, 6.45) is 6.58. The smallest absolute Gasteiger partial charge is 0.330 e. The summed E-state index contributed by atoms with van der Waals surface area (Å²) in [6.45, 7) is 8.71. The van der Waals surface area contributed by atoms with Crippen LogP contribution in [0, 0.1) is 11.3 Å². The fourth-order valence-electron chi connectivity index (χ4n) is 8.13. The lowest BCUT2D eigenvalue weighted by molar-refractivity contribution is -0.245. The Balaban J connectivity index is 1.47. The number of Topliss-reactive ketones (excluding diaryl/α,β-unsaturated/α-hetero) is 1. The second-order valence-electron chi connectivity index (χ2n) is 13.4. The predicted octanol–water partition coefficient (Wildman–Crippen LogP) is 3.44. The van der Waals surface area contributed by atoms with E-state index in [1.54, 1.807) is 11.6 Å². The lowest BCUT2D eigenvalue weighted by Gasteiger charge is -2.47. The molecular formula is C32H48N6O7. The van der Waals surface area contributed by atoms with Gasteiger partial charge >= 0.3 is 5.69 Å². The third-order valence-corrected chi connectivity index (χ3v) is 10.7. The van der Waals surface area contributed by atoms with E-state index in [9.17, 15) is 14.8 Å². The summed E-state index contributed by atoms with van der Waals surface area (Å²) < 4.78 is 27.7. The van der Waals surface area contributed by atoms with Crippen LogP contribution in [0.5, 0.6) is 5.88 Å². The van der Waals surface area contributed by atoms with Crippen LogP contribution in [0.2, 0.25) is 0 Å². The Morgan fingerprint density at radius 3 is 2.53 bits per heavy atom. The first-order chi connectivity index (χ1) is 21.7. The molecule has 0 radical (unpaired) electrons. The number of hydrogen-bond acceptors (Lipinski definition) is 11. The highest BCUT2D eigenvalue weighted by Gasteiger charge is 2.60. The molecule has 2 aromatic heterocycles. The van der Waals surface area contributed by atoms with Crippen molar-refractivity contribution in [2.75, 3.05) is 40.0 Å². The minimum absolute atomic E-state index is 0.0599. The monoisotopic (exact) mass is 628 g/mol. The van der Waals surface area contributed by atoms with Crippen LogP contribution in [-0.4, -0.2) is 98.7 Å². The summed E-state index contributed by atoms with van der Waals surface area (Å²) >= 11 is 0. The number of rotatable bonds is 10. The standard InChI is InChI=1S/C32H48N6O7/c1-6-10-22(26(39)31(3)13-7-8-14-32(31)43-17-18-44-32)24(35-41)27-33-28-25(37(5)30(40)38(28)21-12-16-42-19-21)29(34-27)45-20(2)23-11-9-15-36(23)4/h20-23,41H,6-19H2,1-5H3/b35-24-/t20-,21+,22?,23-,31+/m0/s1. The lowest BCUT2D eigenvalue weighted by atomic mass is 9.64. The number of ketones is 1. The number of likely N-dealkylation sites (N-methyl/N-ethyl adjacent to an activating group) is 1. The summed E-state index contributed by atoms with van der Waals surface area (Å²) in [5, 5.41) is 14.3. The second-order valence-corrected chi connectivity index (χ2v) is 13.4. The number of aryl methyl sites for hydroxylation is 1. The number of oxime groups is 1. The molecule has 0 bridgehead atoms. The molecule has 5 heterocycles. The van der Waals surface area contributed by atoms with Crippen LogP contribution >= 0.6 is 0 Å². The van der Waals surface area contributed by atoms with E-state index in [0.717, 1.165) is 32.2 Å². The van der Waals surface area contributed by atoms with Crippen molar-refractivity contribution in [2.24, 2.45) is 23.5 Å². The molecule has 1 unspecified atom stereocenters. The van der Waals surface area contributed by atoms with Gasteiger partial charge in [0.25, 0.3) is 0 Å². The second kappa shape index (κ2) is 12.7. The van der Waals surface area contributed by atoms with E-state index >= 15 is 0 Å². The molecule has 2 aromatic rings. The summed E-state index contributed by atoms with van der Waals surface area (Å²) in [7, 11) is 3.77. The maximum Gasteiger partial charge on any atom is 0.330 e. The highest BCUT2D eigenvalue weighted by atomic mass is 16.7. The first-order valence-electron chi connectivity index (χ1n) is 16.6. The largest absolute Gasteiger partial charge is 0.471 e. The fraction of sp³-hybridized carbons (Fsp3) is 0.781. The summed E-state index contributed by atoms with van der Waals surface area (Å²) in [5.74, 6) is -1.64. The Hall–Kier alpha value is -2.87. The number of imidazole rings is 1. The van der Waals surface area contributed by atoms with Crippen LogP contribution in [0.25, 0.3) is 11.2 Å². The number of carbonyl (C=O) groups excluding carboxylic acids is 1. The van der Waals surface area contributed by atoms with Gasteiger partial charge in [0.15, 0.2) is 28.6 Å². The van der Waals surface area contributed by atoms with Gasteiger partial charge in [0.05, 0.1) is 37.2 Å². The Kier molecular flexibility index (Phi) is 9.08.